The van der Waals surface area contributed by atoms with Gasteiger partial charge in [0, 0.05) is 37.8 Å². The second-order valence-corrected chi connectivity index (χ2v) is 7.56. The number of nitrogens with zero attached hydrogens (tertiary/aromatic N) is 1. The maximum atomic E-state index is 12.1. The molecular formula is C19H30N2O3S. The molecule has 0 spiro atoms. The minimum absolute atomic E-state index is 0.0923. The summed E-state index contributed by atoms with van der Waals surface area (Å²) in [6.45, 7) is 9.81. The van der Waals surface area contributed by atoms with Gasteiger partial charge in [-0.25, -0.2) is 0 Å². The van der Waals surface area contributed by atoms with Gasteiger partial charge < -0.3 is 15.3 Å². The van der Waals surface area contributed by atoms with E-state index in [9.17, 15) is 9.59 Å². The third-order valence-corrected chi connectivity index (χ3v) is 5.57. The summed E-state index contributed by atoms with van der Waals surface area (Å²) in [6, 6.07) is 0. The average molecular weight is 367 g/mol. The summed E-state index contributed by atoms with van der Waals surface area (Å²) >= 11 is 1.69. The first-order valence-corrected chi connectivity index (χ1v) is 9.77. The van der Waals surface area contributed by atoms with E-state index in [1.165, 1.54) is 0 Å². The van der Waals surface area contributed by atoms with Gasteiger partial charge in [-0.1, -0.05) is 13.5 Å². The van der Waals surface area contributed by atoms with Crippen molar-refractivity contribution in [1.82, 2.24) is 10.2 Å². The van der Waals surface area contributed by atoms with Gasteiger partial charge in [0.05, 0.1) is 0 Å². The Morgan fingerprint density at radius 3 is 2.48 bits per heavy atom. The molecule has 1 saturated heterocycles. The smallest absolute Gasteiger partial charge is 0.303 e. The lowest BCUT2D eigenvalue weighted by molar-refractivity contribution is -0.138. The predicted molar refractivity (Wildman–Crippen MR) is 104 cm³/mol. The van der Waals surface area contributed by atoms with Crippen molar-refractivity contribution in [3.05, 3.63) is 34.9 Å². The van der Waals surface area contributed by atoms with Crippen molar-refractivity contribution >= 4 is 23.6 Å². The van der Waals surface area contributed by atoms with Crippen molar-refractivity contribution in [3.63, 3.8) is 0 Å². The van der Waals surface area contributed by atoms with Crippen molar-refractivity contribution in [2.45, 2.75) is 39.5 Å². The van der Waals surface area contributed by atoms with Crippen molar-refractivity contribution in [1.29, 1.82) is 0 Å². The van der Waals surface area contributed by atoms with E-state index in [4.69, 9.17) is 5.11 Å². The van der Waals surface area contributed by atoms with Crippen molar-refractivity contribution < 1.29 is 14.7 Å². The van der Waals surface area contributed by atoms with Crippen molar-refractivity contribution in [2.75, 3.05) is 25.9 Å². The molecule has 1 aliphatic heterocycles. The number of piperidine rings is 1. The highest BCUT2D eigenvalue weighted by Gasteiger charge is 2.21. The molecule has 0 aromatic rings. The number of hydrogen-bond acceptors (Lipinski definition) is 4. The second kappa shape index (κ2) is 11.0. The highest BCUT2D eigenvalue weighted by Crippen LogP contribution is 2.24. The molecule has 1 heterocycles. The summed E-state index contributed by atoms with van der Waals surface area (Å²) < 4.78 is 0. The summed E-state index contributed by atoms with van der Waals surface area (Å²) in [5.41, 5.74) is 1.53. The van der Waals surface area contributed by atoms with Gasteiger partial charge in [0.15, 0.2) is 0 Å². The number of carbonyl (C=O) groups is 2. The number of amides is 1. The number of thioether (sulfide) groups is 1. The number of allylic oxidation sites excluding steroid dienone is 2. The molecule has 140 valence electrons. The van der Waals surface area contributed by atoms with Gasteiger partial charge >= 0.3 is 5.97 Å². The van der Waals surface area contributed by atoms with Crippen LogP contribution in [0.15, 0.2) is 34.9 Å². The molecule has 2 N–H and O–H groups in total. The van der Waals surface area contributed by atoms with Gasteiger partial charge in [-0.05, 0) is 54.9 Å². The van der Waals surface area contributed by atoms with E-state index in [1.54, 1.807) is 18.8 Å². The zero-order chi connectivity index (χ0) is 18.8. The van der Waals surface area contributed by atoms with Gasteiger partial charge in [-0.3, -0.25) is 9.59 Å². The number of carboxylic acids is 1. The third kappa shape index (κ3) is 7.38. The van der Waals surface area contributed by atoms with Gasteiger partial charge in [0.1, 0.15) is 0 Å². The molecule has 0 saturated carbocycles. The largest absolute Gasteiger partial charge is 0.481 e. The first-order chi connectivity index (χ1) is 11.9. The first kappa shape index (κ1) is 21.4. The lowest BCUT2D eigenvalue weighted by Gasteiger charge is -2.33. The molecule has 5 nitrogen and oxygen atoms in total. The molecule has 0 aromatic heterocycles. The van der Waals surface area contributed by atoms with E-state index in [1.807, 2.05) is 19.1 Å². The fourth-order valence-corrected chi connectivity index (χ4v) is 3.60. The number of carboxylic acid groups (broad SMARTS) is 1. The van der Waals surface area contributed by atoms with Crippen LogP contribution in [-0.4, -0.2) is 47.8 Å². The Morgan fingerprint density at radius 2 is 1.96 bits per heavy atom. The molecular weight excluding hydrogens is 336 g/mol. The van der Waals surface area contributed by atoms with Crippen LogP contribution in [0.3, 0.4) is 0 Å². The maximum absolute atomic E-state index is 12.1. The van der Waals surface area contributed by atoms with Crippen LogP contribution < -0.4 is 5.32 Å². The predicted octanol–water partition coefficient (Wildman–Crippen LogP) is 3.41. The summed E-state index contributed by atoms with van der Waals surface area (Å²) in [7, 11) is 1.63. The quantitative estimate of drug-likeness (QED) is 0.483. The fraction of sp³-hybridized carbons (Fsp3) is 0.579. The minimum atomic E-state index is -0.724. The second-order valence-electron chi connectivity index (χ2n) is 6.25. The van der Waals surface area contributed by atoms with E-state index in [2.05, 4.69) is 23.7 Å². The molecule has 0 unspecified atom stereocenters. The highest BCUT2D eigenvalue weighted by atomic mass is 32.2. The maximum Gasteiger partial charge on any atom is 0.303 e. The topological polar surface area (TPSA) is 69.6 Å². The van der Waals surface area contributed by atoms with Crippen LogP contribution in [0.5, 0.6) is 0 Å². The molecule has 1 fully saturated rings. The van der Waals surface area contributed by atoms with E-state index in [0.29, 0.717) is 5.57 Å². The van der Waals surface area contributed by atoms with Crippen LogP contribution in [0.4, 0.5) is 0 Å². The van der Waals surface area contributed by atoms with E-state index < -0.39 is 5.97 Å². The summed E-state index contributed by atoms with van der Waals surface area (Å²) in [4.78, 5) is 26.1. The third-order valence-electron chi connectivity index (χ3n) is 4.30. The van der Waals surface area contributed by atoms with Crippen LogP contribution in [-0.2, 0) is 9.59 Å². The molecule has 0 radical (unpaired) electrons. The molecule has 25 heavy (non-hydrogen) atoms. The molecule has 0 atom stereocenters. The Kier molecular flexibility index (Phi) is 9.42. The molecule has 0 aromatic carbocycles. The molecule has 1 amide bonds. The van der Waals surface area contributed by atoms with Crippen molar-refractivity contribution in [2.24, 2.45) is 5.92 Å². The van der Waals surface area contributed by atoms with E-state index in [-0.39, 0.29) is 18.2 Å². The lowest BCUT2D eigenvalue weighted by Crippen LogP contribution is -2.33. The van der Waals surface area contributed by atoms with Gasteiger partial charge in [-0.2, -0.15) is 0 Å². The van der Waals surface area contributed by atoms with Crippen LogP contribution in [0, 0.1) is 5.92 Å². The minimum Gasteiger partial charge on any atom is -0.481 e. The monoisotopic (exact) mass is 366 g/mol. The Bertz CT molecular complexity index is 547. The molecule has 6 heteroatoms. The van der Waals surface area contributed by atoms with Crippen LogP contribution in [0.2, 0.25) is 0 Å². The molecule has 0 bridgehead atoms. The lowest BCUT2D eigenvalue weighted by atomic mass is 9.93. The number of aliphatic carboxylic acids is 1. The highest BCUT2D eigenvalue weighted by molar-refractivity contribution is 8.03. The Hall–Kier alpha value is -1.69. The summed E-state index contributed by atoms with van der Waals surface area (Å²) in [5.74, 6) is 0.417. The Balaban J connectivity index is 2.69. The number of likely N-dealkylation sites (N-methyl/N-ethyl adjacent to an activating group) is 1. The SMILES string of the molecule is C=C(/C=C\C(C(=O)NC)=C(/C)SCCC)N1CCC(CC(=O)O)CC1. The van der Waals surface area contributed by atoms with E-state index >= 15 is 0 Å². The molecule has 1 aliphatic rings. The van der Waals surface area contributed by atoms with Gasteiger partial charge in [0.2, 0.25) is 0 Å². The van der Waals surface area contributed by atoms with Gasteiger partial charge in [-0.15, -0.1) is 11.8 Å². The Labute approximate surface area is 155 Å². The number of hydrogen-bond donors (Lipinski definition) is 2. The zero-order valence-electron chi connectivity index (χ0n) is 15.5. The summed E-state index contributed by atoms with van der Waals surface area (Å²) in [6.07, 6.45) is 6.75. The molecule has 0 aliphatic carbocycles. The van der Waals surface area contributed by atoms with E-state index in [0.717, 1.165) is 48.7 Å². The molecule has 1 rings (SSSR count). The number of likely N-dealkylation sites (tertiary alicyclic amines) is 1. The van der Waals surface area contributed by atoms with Crippen molar-refractivity contribution in [3.8, 4) is 0 Å². The summed E-state index contributed by atoms with van der Waals surface area (Å²) in [5, 5.41) is 11.6. The zero-order valence-corrected chi connectivity index (χ0v) is 16.3. The fourth-order valence-electron chi connectivity index (χ4n) is 2.78. The average Bonchev–Trinajstić information content (AvgIpc) is 2.59. The number of rotatable bonds is 9. The standard InChI is InChI=1S/C19H30N2O3S/c1-5-12-25-15(3)17(19(24)20-4)7-6-14(2)21-10-8-16(9-11-21)13-18(22)23/h6-7,16H,2,5,8-13H2,1,3-4H3,(H,20,24)(H,22,23)/b7-6-,17-15-. The van der Waals surface area contributed by atoms with Crippen LogP contribution in [0.1, 0.15) is 39.5 Å². The van der Waals surface area contributed by atoms with Gasteiger partial charge in [0.25, 0.3) is 5.91 Å². The number of nitrogens with one attached hydrogen (secondary N) is 1. The van der Waals surface area contributed by atoms with Crippen LogP contribution in [0.25, 0.3) is 0 Å². The normalized spacial score (nSPS) is 16.7. The Morgan fingerprint density at radius 1 is 1.32 bits per heavy atom. The van der Waals surface area contributed by atoms with Crippen LogP contribution >= 0.6 is 11.8 Å². The number of carbonyl (C=O) groups excluding carboxylic acids is 1. The first-order valence-electron chi connectivity index (χ1n) is 8.78.